The smallest absolute Gasteiger partial charge is 0.221 e. The summed E-state index contributed by atoms with van der Waals surface area (Å²) in [5.41, 5.74) is 3.36. The van der Waals surface area contributed by atoms with Crippen molar-refractivity contribution in [1.82, 2.24) is 9.97 Å². The van der Waals surface area contributed by atoms with Crippen LogP contribution in [0.1, 0.15) is 18.2 Å². The monoisotopic (exact) mass is 473 g/mol. The van der Waals surface area contributed by atoms with Gasteiger partial charge in [-0.2, -0.15) is 5.26 Å². The third-order valence-electron chi connectivity index (χ3n) is 4.92. The second-order valence-electron chi connectivity index (χ2n) is 7.29. The van der Waals surface area contributed by atoms with Crippen molar-refractivity contribution in [2.75, 3.05) is 17.7 Å². The predicted octanol–water partition coefficient (Wildman–Crippen LogP) is 5.44. The Bertz CT molecular complexity index is 1400. The van der Waals surface area contributed by atoms with Gasteiger partial charge in [-0.3, -0.25) is 14.8 Å². The number of aromatic nitrogens is 2. The number of amides is 1. The Morgan fingerprint density at radius 1 is 1.15 bits per heavy atom. The van der Waals surface area contributed by atoms with Crippen molar-refractivity contribution in [1.29, 1.82) is 5.26 Å². The molecular formula is C25H20ClN5O3. The first kappa shape index (κ1) is 22.8. The average Bonchev–Trinajstić information content (AvgIpc) is 2.84. The third-order valence-corrected chi connectivity index (χ3v) is 5.22. The van der Waals surface area contributed by atoms with Gasteiger partial charge in [-0.1, -0.05) is 17.7 Å². The largest absolute Gasteiger partial charge is 0.494 e. The van der Waals surface area contributed by atoms with Gasteiger partial charge in [0.25, 0.3) is 0 Å². The normalized spacial score (nSPS) is 10.4. The van der Waals surface area contributed by atoms with E-state index < -0.39 is 0 Å². The van der Waals surface area contributed by atoms with Crippen molar-refractivity contribution in [3.63, 3.8) is 0 Å². The lowest BCUT2D eigenvalue weighted by Gasteiger charge is -2.16. The van der Waals surface area contributed by atoms with E-state index in [1.165, 1.54) is 20.2 Å². The summed E-state index contributed by atoms with van der Waals surface area (Å²) in [5.74, 6) is 0.726. The van der Waals surface area contributed by atoms with E-state index in [0.29, 0.717) is 50.1 Å². The van der Waals surface area contributed by atoms with Gasteiger partial charge >= 0.3 is 0 Å². The van der Waals surface area contributed by atoms with Crippen LogP contribution in [0.2, 0.25) is 5.02 Å². The number of fused-ring (bicyclic) bond motifs is 1. The van der Waals surface area contributed by atoms with Crippen LogP contribution < -0.4 is 20.1 Å². The molecule has 2 heterocycles. The number of nitriles is 1. The summed E-state index contributed by atoms with van der Waals surface area (Å²) < 4.78 is 11.2. The molecule has 0 aliphatic heterocycles. The zero-order valence-electron chi connectivity index (χ0n) is 18.4. The van der Waals surface area contributed by atoms with Crippen molar-refractivity contribution in [2.24, 2.45) is 0 Å². The second kappa shape index (κ2) is 10.1. The third kappa shape index (κ3) is 5.00. The number of methoxy groups -OCH3 is 1. The van der Waals surface area contributed by atoms with Crippen LogP contribution in [0, 0.1) is 11.3 Å². The molecule has 2 aromatic carbocycles. The first-order chi connectivity index (χ1) is 16.5. The topological polar surface area (TPSA) is 109 Å². The van der Waals surface area contributed by atoms with Crippen molar-refractivity contribution in [3.05, 3.63) is 77.2 Å². The van der Waals surface area contributed by atoms with Crippen molar-refractivity contribution >= 4 is 45.5 Å². The number of hydrogen-bond donors (Lipinski definition) is 2. The molecular weight excluding hydrogens is 454 g/mol. The van der Waals surface area contributed by atoms with Crippen LogP contribution >= 0.6 is 11.6 Å². The van der Waals surface area contributed by atoms with Gasteiger partial charge in [-0.25, -0.2) is 0 Å². The van der Waals surface area contributed by atoms with E-state index >= 15 is 0 Å². The van der Waals surface area contributed by atoms with Crippen LogP contribution in [0.4, 0.5) is 17.1 Å². The van der Waals surface area contributed by atoms with Crippen LogP contribution in [-0.2, 0) is 11.4 Å². The molecule has 1 amide bonds. The van der Waals surface area contributed by atoms with Crippen LogP contribution in [0.5, 0.6) is 11.5 Å². The molecule has 4 aromatic rings. The molecule has 0 aliphatic carbocycles. The zero-order chi connectivity index (χ0) is 24.1. The Labute approximate surface area is 201 Å². The van der Waals surface area contributed by atoms with Crippen molar-refractivity contribution in [3.8, 4) is 17.6 Å². The molecule has 2 N–H and O–H groups in total. The summed E-state index contributed by atoms with van der Waals surface area (Å²) in [5, 5.41) is 16.7. The second-order valence-corrected chi connectivity index (χ2v) is 7.70. The maximum absolute atomic E-state index is 11.6. The number of anilines is 3. The number of ether oxygens (including phenoxy) is 2. The van der Waals surface area contributed by atoms with Crippen molar-refractivity contribution in [2.45, 2.75) is 13.5 Å². The molecule has 0 unspecified atom stereocenters. The fourth-order valence-corrected chi connectivity index (χ4v) is 3.61. The Kier molecular flexibility index (Phi) is 6.76. The summed E-state index contributed by atoms with van der Waals surface area (Å²) >= 11 is 6.45. The van der Waals surface area contributed by atoms with Crippen LogP contribution in [-0.4, -0.2) is 23.0 Å². The number of carbonyl (C=O) groups is 1. The van der Waals surface area contributed by atoms with Crippen LogP contribution in [0.15, 0.2) is 60.9 Å². The van der Waals surface area contributed by atoms with Gasteiger partial charge in [0.15, 0.2) is 0 Å². The molecule has 0 radical (unpaired) electrons. The molecule has 0 saturated carbocycles. The molecule has 9 heteroatoms. The molecule has 2 aromatic heterocycles. The maximum Gasteiger partial charge on any atom is 0.221 e. The highest BCUT2D eigenvalue weighted by atomic mass is 35.5. The fourth-order valence-electron chi connectivity index (χ4n) is 3.37. The van der Waals surface area contributed by atoms with Gasteiger partial charge < -0.3 is 20.1 Å². The summed E-state index contributed by atoms with van der Waals surface area (Å²) in [7, 11) is 1.51. The fraction of sp³-hybridized carbons (Fsp3) is 0.120. The van der Waals surface area contributed by atoms with E-state index in [2.05, 4.69) is 26.7 Å². The van der Waals surface area contributed by atoms with E-state index in [1.54, 1.807) is 36.5 Å². The lowest BCUT2D eigenvalue weighted by atomic mass is 10.1. The number of nitrogens with one attached hydrogen (secondary N) is 2. The van der Waals surface area contributed by atoms with E-state index in [-0.39, 0.29) is 12.5 Å². The average molecular weight is 474 g/mol. The summed E-state index contributed by atoms with van der Waals surface area (Å²) in [6.45, 7) is 1.70. The number of benzene rings is 2. The highest BCUT2D eigenvalue weighted by Crippen LogP contribution is 2.37. The maximum atomic E-state index is 11.6. The number of nitrogens with zero attached hydrogens (tertiary/aromatic N) is 3. The van der Waals surface area contributed by atoms with Crippen LogP contribution in [0.25, 0.3) is 10.9 Å². The molecule has 170 valence electrons. The number of hydrogen-bond acceptors (Lipinski definition) is 7. The first-order valence-corrected chi connectivity index (χ1v) is 10.6. The number of pyridine rings is 2. The molecule has 0 spiro atoms. The Morgan fingerprint density at radius 2 is 2.00 bits per heavy atom. The van der Waals surface area contributed by atoms with E-state index in [1.807, 2.05) is 18.2 Å². The molecule has 8 nitrogen and oxygen atoms in total. The summed E-state index contributed by atoms with van der Waals surface area (Å²) in [6, 6.07) is 16.4. The van der Waals surface area contributed by atoms with Crippen molar-refractivity contribution < 1.29 is 14.3 Å². The van der Waals surface area contributed by atoms with E-state index in [9.17, 15) is 10.1 Å². The quantitative estimate of drug-likeness (QED) is 0.367. The highest BCUT2D eigenvalue weighted by Gasteiger charge is 2.15. The lowest BCUT2D eigenvalue weighted by molar-refractivity contribution is -0.114. The highest BCUT2D eigenvalue weighted by molar-refractivity contribution is 6.32. The van der Waals surface area contributed by atoms with E-state index in [0.717, 1.165) is 5.69 Å². The molecule has 0 saturated heterocycles. The zero-order valence-corrected chi connectivity index (χ0v) is 19.2. The van der Waals surface area contributed by atoms with Gasteiger partial charge in [0, 0.05) is 36.5 Å². The van der Waals surface area contributed by atoms with Gasteiger partial charge in [-0.15, -0.1) is 0 Å². The predicted molar refractivity (Wildman–Crippen MR) is 131 cm³/mol. The minimum Gasteiger partial charge on any atom is -0.494 e. The molecule has 0 atom stereocenters. The minimum atomic E-state index is -0.246. The molecule has 0 bridgehead atoms. The molecule has 0 fully saturated rings. The number of rotatable bonds is 7. The van der Waals surface area contributed by atoms with Gasteiger partial charge in [0.1, 0.15) is 24.2 Å². The Hall–Kier alpha value is -4.35. The number of halogens is 1. The van der Waals surface area contributed by atoms with Crippen LogP contribution in [0.3, 0.4) is 0 Å². The minimum absolute atomic E-state index is 0.246. The lowest BCUT2D eigenvalue weighted by Crippen LogP contribution is -2.07. The van der Waals surface area contributed by atoms with Gasteiger partial charge in [-0.05, 0) is 36.4 Å². The Balaban J connectivity index is 1.67. The summed E-state index contributed by atoms with van der Waals surface area (Å²) in [4.78, 5) is 20.2. The first-order valence-electron chi connectivity index (χ1n) is 10.3. The summed E-state index contributed by atoms with van der Waals surface area (Å²) in [6.07, 6.45) is 3.18. The Morgan fingerprint density at radius 3 is 2.68 bits per heavy atom. The van der Waals surface area contributed by atoms with Gasteiger partial charge in [0.2, 0.25) is 5.91 Å². The standard InChI is InChI=1S/C25H20ClN5O3/c1-15(32)30-22-10-19-21(11-24(22)33-2)29-13-16(12-27)25(19)31-17-6-7-23(20(26)9-17)34-14-18-5-3-4-8-28-18/h3-11,13H,14H2,1-2H3,(H,29,31)(H,30,32). The molecule has 4 rings (SSSR count). The molecule has 34 heavy (non-hydrogen) atoms. The van der Waals surface area contributed by atoms with E-state index in [4.69, 9.17) is 21.1 Å². The molecule has 0 aliphatic rings. The SMILES string of the molecule is COc1cc2ncc(C#N)c(Nc3ccc(OCc4ccccn4)c(Cl)c3)c2cc1NC(C)=O. The number of carbonyl (C=O) groups excluding carboxylic acids is 1. The van der Waals surface area contributed by atoms with Gasteiger partial charge in [0.05, 0.1) is 40.3 Å².